The molecule has 2 nitrogen and oxygen atoms in total. The van der Waals surface area contributed by atoms with Gasteiger partial charge in [0.1, 0.15) is 0 Å². The molecule has 1 saturated heterocycles. The summed E-state index contributed by atoms with van der Waals surface area (Å²) in [5.41, 5.74) is 0.685. The van der Waals surface area contributed by atoms with Crippen LogP contribution < -0.4 is 5.32 Å². The Balaban J connectivity index is 2.18. The molecule has 0 saturated carbocycles. The molecule has 1 aliphatic rings. The highest BCUT2D eigenvalue weighted by Crippen LogP contribution is 2.28. The molecule has 17 heavy (non-hydrogen) atoms. The van der Waals surface area contributed by atoms with E-state index in [1.165, 1.54) is 0 Å². The average molecular weight is 305 g/mol. The Morgan fingerprint density at radius 3 is 2.24 bits per heavy atom. The molecule has 2 rings (SSSR count). The highest BCUT2D eigenvalue weighted by molar-refractivity contribution is 9.10. The minimum absolute atomic E-state index is 0.672. The second-order valence-corrected chi connectivity index (χ2v) is 5.03. The van der Waals surface area contributed by atoms with Crippen molar-refractivity contribution >= 4 is 15.9 Å². The van der Waals surface area contributed by atoms with E-state index in [4.69, 9.17) is 0 Å². The van der Waals surface area contributed by atoms with Crippen molar-refractivity contribution in [3.8, 4) is 0 Å². The molecule has 0 aliphatic carbocycles. The maximum atomic E-state index is 13.2. The predicted octanol–water partition coefficient (Wildman–Crippen LogP) is 2.66. The van der Waals surface area contributed by atoms with Crippen LogP contribution in [0.2, 0.25) is 0 Å². The van der Waals surface area contributed by atoms with Gasteiger partial charge in [0.25, 0.3) is 6.43 Å². The van der Waals surface area contributed by atoms with Gasteiger partial charge in [0.2, 0.25) is 0 Å². The SMILES string of the molecule is FC(F)[C@H](c1ccc(Br)cc1)N1CCNCC1. The van der Waals surface area contributed by atoms with Crippen molar-refractivity contribution in [1.82, 2.24) is 10.2 Å². The first-order chi connectivity index (χ1) is 8.18. The fourth-order valence-corrected chi connectivity index (χ4v) is 2.40. The maximum absolute atomic E-state index is 13.2. The van der Waals surface area contributed by atoms with Crippen LogP contribution >= 0.6 is 15.9 Å². The van der Waals surface area contributed by atoms with Gasteiger partial charge in [-0.05, 0) is 17.7 Å². The summed E-state index contributed by atoms with van der Waals surface area (Å²) in [6.45, 7) is 2.90. The third-order valence-electron chi connectivity index (χ3n) is 3.00. The van der Waals surface area contributed by atoms with Crippen molar-refractivity contribution < 1.29 is 8.78 Å². The number of nitrogens with zero attached hydrogens (tertiary/aromatic N) is 1. The van der Waals surface area contributed by atoms with Gasteiger partial charge in [-0.3, -0.25) is 4.90 Å². The van der Waals surface area contributed by atoms with Crippen LogP contribution in [0.3, 0.4) is 0 Å². The summed E-state index contributed by atoms with van der Waals surface area (Å²) in [7, 11) is 0. The van der Waals surface area contributed by atoms with E-state index >= 15 is 0 Å². The zero-order chi connectivity index (χ0) is 12.3. The van der Waals surface area contributed by atoms with E-state index in [2.05, 4.69) is 21.2 Å². The molecule has 1 aromatic rings. The Bertz CT molecular complexity index is 350. The third kappa shape index (κ3) is 3.24. The Kier molecular flexibility index (Phi) is 4.48. The molecule has 0 amide bonds. The van der Waals surface area contributed by atoms with Gasteiger partial charge in [-0.2, -0.15) is 0 Å². The van der Waals surface area contributed by atoms with Crippen molar-refractivity contribution in [2.75, 3.05) is 26.2 Å². The van der Waals surface area contributed by atoms with Gasteiger partial charge in [0.05, 0.1) is 6.04 Å². The van der Waals surface area contributed by atoms with Crippen LogP contribution in [-0.2, 0) is 0 Å². The standard InChI is InChI=1S/C12H15BrF2N2/c13-10-3-1-9(2-4-10)11(12(14)15)17-7-5-16-6-8-17/h1-4,11-12,16H,5-8H2/t11-/m0/s1. The summed E-state index contributed by atoms with van der Waals surface area (Å²) >= 11 is 3.32. The molecular weight excluding hydrogens is 290 g/mol. The van der Waals surface area contributed by atoms with Gasteiger partial charge in [-0.15, -0.1) is 0 Å². The molecule has 1 atom stereocenters. The van der Waals surface area contributed by atoms with E-state index in [1.54, 1.807) is 12.1 Å². The second-order valence-electron chi connectivity index (χ2n) is 4.12. The number of piperazine rings is 1. The first-order valence-electron chi connectivity index (χ1n) is 5.67. The molecule has 1 heterocycles. The van der Waals surface area contributed by atoms with E-state index in [0.717, 1.165) is 17.6 Å². The van der Waals surface area contributed by atoms with E-state index in [-0.39, 0.29) is 0 Å². The Hall–Kier alpha value is -0.520. The van der Waals surface area contributed by atoms with Gasteiger partial charge in [-0.25, -0.2) is 8.78 Å². The van der Waals surface area contributed by atoms with E-state index in [0.29, 0.717) is 18.7 Å². The van der Waals surface area contributed by atoms with Crippen molar-refractivity contribution in [2.24, 2.45) is 0 Å². The van der Waals surface area contributed by atoms with Crippen LogP contribution in [-0.4, -0.2) is 37.5 Å². The Labute approximate surface area is 108 Å². The molecule has 0 radical (unpaired) electrons. The highest BCUT2D eigenvalue weighted by Gasteiger charge is 2.29. The molecule has 0 bridgehead atoms. The van der Waals surface area contributed by atoms with Crippen LogP contribution in [0.5, 0.6) is 0 Å². The van der Waals surface area contributed by atoms with Crippen molar-refractivity contribution in [3.05, 3.63) is 34.3 Å². The maximum Gasteiger partial charge on any atom is 0.258 e. The molecule has 5 heteroatoms. The number of halogens is 3. The summed E-state index contributed by atoms with van der Waals surface area (Å²) in [6, 6.07) is 6.37. The smallest absolute Gasteiger partial charge is 0.258 e. The molecule has 0 aromatic heterocycles. The van der Waals surface area contributed by atoms with E-state index < -0.39 is 12.5 Å². The first-order valence-corrected chi connectivity index (χ1v) is 6.46. The lowest BCUT2D eigenvalue weighted by atomic mass is 10.1. The first kappa shape index (κ1) is 12.9. The fourth-order valence-electron chi connectivity index (χ4n) is 2.14. The normalized spacial score (nSPS) is 19.5. The van der Waals surface area contributed by atoms with Gasteiger partial charge in [-0.1, -0.05) is 28.1 Å². The lowest BCUT2D eigenvalue weighted by molar-refractivity contribution is 0.0182. The zero-order valence-corrected chi connectivity index (χ0v) is 11.0. The minimum Gasteiger partial charge on any atom is -0.314 e. The topological polar surface area (TPSA) is 15.3 Å². The molecule has 1 aliphatic heterocycles. The minimum atomic E-state index is -2.35. The molecule has 1 N–H and O–H groups in total. The van der Waals surface area contributed by atoms with Crippen LogP contribution in [0.1, 0.15) is 11.6 Å². The molecular formula is C12H15BrF2N2. The molecule has 0 unspecified atom stereocenters. The number of nitrogens with one attached hydrogen (secondary N) is 1. The van der Waals surface area contributed by atoms with E-state index in [1.807, 2.05) is 17.0 Å². The summed E-state index contributed by atoms with van der Waals surface area (Å²) in [4.78, 5) is 1.85. The van der Waals surface area contributed by atoms with Crippen LogP contribution in [0, 0.1) is 0 Å². The summed E-state index contributed by atoms with van der Waals surface area (Å²) in [6.07, 6.45) is -2.35. The summed E-state index contributed by atoms with van der Waals surface area (Å²) in [5.74, 6) is 0. The van der Waals surface area contributed by atoms with Gasteiger partial charge in [0.15, 0.2) is 0 Å². The molecule has 1 fully saturated rings. The fraction of sp³-hybridized carbons (Fsp3) is 0.500. The van der Waals surface area contributed by atoms with Crippen molar-refractivity contribution in [1.29, 1.82) is 0 Å². The van der Waals surface area contributed by atoms with Crippen LogP contribution in [0.15, 0.2) is 28.7 Å². The molecule has 1 aromatic carbocycles. The van der Waals surface area contributed by atoms with Crippen LogP contribution in [0.4, 0.5) is 8.78 Å². The monoisotopic (exact) mass is 304 g/mol. The predicted molar refractivity (Wildman–Crippen MR) is 67.3 cm³/mol. The molecule has 0 spiro atoms. The second kappa shape index (κ2) is 5.89. The number of benzene rings is 1. The van der Waals surface area contributed by atoms with Crippen molar-refractivity contribution in [2.45, 2.75) is 12.5 Å². The lowest BCUT2D eigenvalue weighted by Gasteiger charge is -2.34. The van der Waals surface area contributed by atoms with Gasteiger partial charge in [0, 0.05) is 30.7 Å². The number of rotatable bonds is 3. The number of alkyl halides is 2. The average Bonchev–Trinajstić information content (AvgIpc) is 2.33. The number of hydrogen-bond donors (Lipinski definition) is 1. The third-order valence-corrected chi connectivity index (χ3v) is 3.52. The van der Waals surface area contributed by atoms with E-state index in [9.17, 15) is 8.78 Å². The van der Waals surface area contributed by atoms with Gasteiger partial charge >= 0.3 is 0 Å². The summed E-state index contributed by atoms with van der Waals surface area (Å²) in [5, 5.41) is 3.18. The quantitative estimate of drug-likeness (QED) is 0.923. The summed E-state index contributed by atoms with van der Waals surface area (Å²) < 4.78 is 27.3. The highest BCUT2D eigenvalue weighted by atomic mass is 79.9. The van der Waals surface area contributed by atoms with Crippen LogP contribution in [0.25, 0.3) is 0 Å². The van der Waals surface area contributed by atoms with Gasteiger partial charge < -0.3 is 5.32 Å². The molecule has 94 valence electrons. The zero-order valence-electron chi connectivity index (χ0n) is 9.37. The number of hydrogen-bond acceptors (Lipinski definition) is 2. The largest absolute Gasteiger partial charge is 0.314 e. The Morgan fingerprint density at radius 2 is 1.71 bits per heavy atom. The lowest BCUT2D eigenvalue weighted by Crippen LogP contribution is -2.46. The van der Waals surface area contributed by atoms with Crippen molar-refractivity contribution in [3.63, 3.8) is 0 Å². The Morgan fingerprint density at radius 1 is 1.12 bits per heavy atom.